The van der Waals surface area contributed by atoms with E-state index in [4.69, 9.17) is 5.73 Å². The molecule has 0 bridgehead atoms. The molecule has 0 heterocycles. The third kappa shape index (κ3) is 4.16. The lowest BCUT2D eigenvalue weighted by molar-refractivity contribution is -0.868. The monoisotopic (exact) mass is 212 g/mol. The highest BCUT2D eigenvalue weighted by Gasteiger charge is 2.07. The number of likely N-dealkylation sites (N-methyl/N-ethyl adjacent to an activating group) is 1. The summed E-state index contributed by atoms with van der Waals surface area (Å²) in [5.74, 6) is -0.295. The maximum atomic E-state index is 13.3. The van der Waals surface area contributed by atoms with Crippen molar-refractivity contribution in [1.82, 2.24) is 0 Å². The molecule has 3 N–H and O–H groups in total. The Hall–Kier alpha value is -1.29. The SMILES string of the molecule is C[N+](C)(C)CCNc1ccc(N)cc1F. The molecule has 0 spiro atoms. The van der Waals surface area contributed by atoms with E-state index in [1.165, 1.54) is 6.07 Å². The van der Waals surface area contributed by atoms with Gasteiger partial charge in [0.15, 0.2) is 0 Å². The number of anilines is 2. The Morgan fingerprint density at radius 3 is 2.53 bits per heavy atom. The topological polar surface area (TPSA) is 38.0 Å². The smallest absolute Gasteiger partial charge is 0.148 e. The van der Waals surface area contributed by atoms with Crippen molar-refractivity contribution < 1.29 is 8.87 Å². The molecule has 4 heteroatoms. The van der Waals surface area contributed by atoms with Crippen molar-refractivity contribution in [2.75, 3.05) is 45.3 Å². The summed E-state index contributed by atoms with van der Waals surface area (Å²) in [6.07, 6.45) is 0. The minimum Gasteiger partial charge on any atom is -0.399 e. The maximum Gasteiger partial charge on any atom is 0.148 e. The van der Waals surface area contributed by atoms with E-state index in [9.17, 15) is 4.39 Å². The first-order valence-corrected chi connectivity index (χ1v) is 4.98. The molecule has 1 rings (SSSR count). The molecule has 0 aromatic heterocycles. The molecule has 0 unspecified atom stereocenters. The molecule has 0 radical (unpaired) electrons. The van der Waals surface area contributed by atoms with Gasteiger partial charge >= 0.3 is 0 Å². The molecule has 0 saturated heterocycles. The Balaban J connectivity index is 2.51. The summed E-state index contributed by atoms with van der Waals surface area (Å²) < 4.78 is 14.2. The van der Waals surface area contributed by atoms with E-state index in [-0.39, 0.29) is 5.82 Å². The van der Waals surface area contributed by atoms with Crippen molar-refractivity contribution in [1.29, 1.82) is 0 Å². The second-order valence-corrected chi connectivity index (χ2v) is 4.68. The third-order valence-electron chi connectivity index (χ3n) is 2.09. The molecule has 84 valence electrons. The molecule has 3 nitrogen and oxygen atoms in total. The van der Waals surface area contributed by atoms with E-state index in [1.54, 1.807) is 12.1 Å². The van der Waals surface area contributed by atoms with Gasteiger partial charge in [0, 0.05) is 5.69 Å². The van der Waals surface area contributed by atoms with Gasteiger partial charge < -0.3 is 15.5 Å². The van der Waals surface area contributed by atoms with Gasteiger partial charge in [-0.05, 0) is 18.2 Å². The summed E-state index contributed by atoms with van der Waals surface area (Å²) in [7, 11) is 6.29. The van der Waals surface area contributed by atoms with Gasteiger partial charge in [0.1, 0.15) is 5.82 Å². The van der Waals surface area contributed by atoms with Gasteiger partial charge in [-0.15, -0.1) is 0 Å². The first kappa shape index (κ1) is 11.8. The maximum absolute atomic E-state index is 13.3. The van der Waals surface area contributed by atoms with E-state index in [0.717, 1.165) is 17.6 Å². The molecule has 0 aliphatic rings. The van der Waals surface area contributed by atoms with Gasteiger partial charge in [-0.25, -0.2) is 4.39 Å². The fourth-order valence-electron chi connectivity index (χ4n) is 1.20. The second-order valence-electron chi connectivity index (χ2n) is 4.68. The van der Waals surface area contributed by atoms with Gasteiger partial charge in [0.2, 0.25) is 0 Å². The van der Waals surface area contributed by atoms with Crippen LogP contribution in [-0.2, 0) is 0 Å². The largest absolute Gasteiger partial charge is 0.399 e. The number of nitrogen functional groups attached to an aromatic ring is 1. The van der Waals surface area contributed by atoms with E-state index in [0.29, 0.717) is 11.4 Å². The lowest BCUT2D eigenvalue weighted by Crippen LogP contribution is -2.38. The highest BCUT2D eigenvalue weighted by atomic mass is 19.1. The van der Waals surface area contributed by atoms with Crippen molar-refractivity contribution in [2.45, 2.75) is 0 Å². The van der Waals surface area contributed by atoms with Crippen LogP contribution in [0.15, 0.2) is 18.2 Å². The molecule has 1 aromatic carbocycles. The number of nitrogens with one attached hydrogen (secondary N) is 1. The summed E-state index contributed by atoms with van der Waals surface area (Å²) >= 11 is 0. The highest BCUT2D eigenvalue weighted by Crippen LogP contribution is 2.16. The number of hydrogen-bond donors (Lipinski definition) is 2. The van der Waals surface area contributed by atoms with Crippen LogP contribution in [0.4, 0.5) is 15.8 Å². The Morgan fingerprint density at radius 1 is 1.33 bits per heavy atom. The quantitative estimate of drug-likeness (QED) is 0.586. The number of benzene rings is 1. The van der Waals surface area contributed by atoms with Gasteiger partial charge in [-0.2, -0.15) is 0 Å². The van der Waals surface area contributed by atoms with Crippen LogP contribution >= 0.6 is 0 Å². The molecule has 0 aliphatic carbocycles. The number of hydrogen-bond acceptors (Lipinski definition) is 2. The molecule has 0 saturated carbocycles. The molecule has 0 amide bonds. The van der Waals surface area contributed by atoms with Crippen LogP contribution < -0.4 is 11.1 Å². The average molecular weight is 212 g/mol. The first-order valence-electron chi connectivity index (χ1n) is 4.98. The summed E-state index contributed by atoms with van der Waals surface area (Å²) in [6, 6.07) is 4.69. The Bertz CT molecular complexity index is 331. The van der Waals surface area contributed by atoms with Gasteiger partial charge in [-0.3, -0.25) is 0 Å². The van der Waals surface area contributed by atoms with E-state index < -0.39 is 0 Å². The number of quaternary nitrogens is 1. The van der Waals surface area contributed by atoms with Crippen LogP contribution in [0.5, 0.6) is 0 Å². The number of halogens is 1. The van der Waals surface area contributed by atoms with E-state index >= 15 is 0 Å². The number of nitrogens with two attached hydrogens (primary N) is 1. The van der Waals surface area contributed by atoms with Gasteiger partial charge in [-0.1, -0.05) is 0 Å². The summed E-state index contributed by atoms with van der Waals surface area (Å²) in [5.41, 5.74) is 6.42. The van der Waals surface area contributed by atoms with Crippen molar-refractivity contribution >= 4 is 11.4 Å². The summed E-state index contributed by atoms with van der Waals surface area (Å²) in [6.45, 7) is 1.67. The van der Waals surface area contributed by atoms with Crippen LogP contribution in [-0.4, -0.2) is 38.7 Å². The van der Waals surface area contributed by atoms with Crippen LogP contribution in [0.25, 0.3) is 0 Å². The van der Waals surface area contributed by atoms with E-state index in [2.05, 4.69) is 26.5 Å². The van der Waals surface area contributed by atoms with Crippen molar-refractivity contribution in [3.8, 4) is 0 Å². The molecule has 0 atom stereocenters. The zero-order valence-electron chi connectivity index (χ0n) is 9.55. The van der Waals surface area contributed by atoms with Crippen LogP contribution in [0, 0.1) is 5.82 Å². The zero-order chi connectivity index (χ0) is 11.5. The fraction of sp³-hybridized carbons (Fsp3) is 0.455. The lowest BCUT2D eigenvalue weighted by Gasteiger charge is -2.24. The molecular weight excluding hydrogens is 193 g/mol. The fourth-order valence-corrected chi connectivity index (χ4v) is 1.20. The lowest BCUT2D eigenvalue weighted by atomic mass is 10.2. The zero-order valence-corrected chi connectivity index (χ0v) is 9.55. The molecule has 0 aliphatic heterocycles. The average Bonchev–Trinajstić information content (AvgIpc) is 2.07. The third-order valence-corrected chi connectivity index (χ3v) is 2.09. The highest BCUT2D eigenvalue weighted by molar-refractivity contribution is 5.52. The van der Waals surface area contributed by atoms with E-state index in [1.807, 2.05) is 0 Å². The summed E-state index contributed by atoms with van der Waals surface area (Å²) in [5, 5.41) is 3.05. The van der Waals surface area contributed by atoms with Crippen LogP contribution in [0.2, 0.25) is 0 Å². The Labute approximate surface area is 90.3 Å². The van der Waals surface area contributed by atoms with Gasteiger partial charge in [0.05, 0.1) is 39.9 Å². The predicted molar refractivity (Wildman–Crippen MR) is 62.2 cm³/mol. The number of nitrogens with zero attached hydrogens (tertiary/aromatic N) is 1. The van der Waals surface area contributed by atoms with Crippen molar-refractivity contribution in [3.63, 3.8) is 0 Å². The van der Waals surface area contributed by atoms with Crippen molar-refractivity contribution in [3.05, 3.63) is 24.0 Å². The standard InChI is InChI=1S/C11H19FN3/c1-15(2,3)7-6-14-11-5-4-9(13)8-10(11)12/h4-5,8,14H,6-7,13H2,1-3H3/q+1. The molecule has 0 fully saturated rings. The molecule has 15 heavy (non-hydrogen) atoms. The molecule has 1 aromatic rings. The predicted octanol–water partition coefficient (Wildman–Crippen LogP) is 1.53. The van der Waals surface area contributed by atoms with Crippen molar-refractivity contribution in [2.24, 2.45) is 0 Å². The minimum absolute atomic E-state index is 0.295. The first-order chi connectivity index (χ1) is 6.88. The molecular formula is C11H19FN3+. The number of rotatable bonds is 4. The Kier molecular flexibility index (Phi) is 3.52. The minimum atomic E-state index is -0.295. The van der Waals surface area contributed by atoms with Crippen LogP contribution in [0.3, 0.4) is 0 Å². The normalized spacial score (nSPS) is 11.5. The summed E-state index contributed by atoms with van der Waals surface area (Å²) in [4.78, 5) is 0. The Morgan fingerprint density at radius 2 is 2.00 bits per heavy atom. The second kappa shape index (κ2) is 4.49. The van der Waals surface area contributed by atoms with Gasteiger partial charge in [0.25, 0.3) is 0 Å². The van der Waals surface area contributed by atoms with Crippen LogP contribution in [0.1, 0.15) is 0 Å².